The maximum absolute atomic E-state index is 6.63. The third-order valence-corrected chi connectivity index (χ3v) is 9.31. The summed E-state index contributed by atoms with van der Waals surface area (Å²) in [6.45, 7) is 6.27. The van der Waals surface area contributed by atoms with Crippen molar-refractivity contribution in [2.45, 2.75) is 206 Å². The molecule has 45 heavy (non-hydrogen) atoms. The number of likely N-dealkylation sites (N-methyl/N-ethyl adjacent to an activating group) is 1. The molecule has 0 radical (unpaired) electrons. The van der Waals surface area contributed by atoms with Crippen LogP contribution in [-0.2, 0) is 9.47 Å². The van der Waals surface area contributed by atoms with E-state index in [4.69, 9.17) is 9.47 Å². The SMILES string of the molecule is CCCCC/C=C\C/C=C\CCCCCCCCC1(CCCCCCCCCCC/C=C\CCCCC)OCC(CN(C)C)O1. The predicted molar refractivity (Wildman–Crippen MR) is 200 cm³/mol. The van der Waals surface area contributed by atoms with Crippen LogP contribution in [0.2, 0.25) is 0 Å². The van der Waals surface area contributed by atoms with Gasteiger partial charge in [-0.1, -0.05) is 147 Å². The normalized spacial score (nSPS) is 19.0. The van der Waals surface area contributed by atoms with Crippen molar-refractivity contribution < 1.29 is 9.47 Å². The van der Waals surface area contributed by atoms with Gasteiger partial charge < -0.3 is 14.4 Å². The predicted octanol–water partition coefficient (Wildman–Crippen LogP) is 13.3. The second-order valence-electron chi connectivity index (χ2n) is 14.2. The number of nitrogens with zero attached hydrogens (tertiary/aromatic N) is 1. The zero-order valence-electron chi connectivity index (χ0n) is 31.0. The number of hydrogen-bond donors (Lipinski definition) is 0. The van der Waals surface area contributed by atoms with Crippen molar-refractivity contribution in [2.24, 2.45) is 0 Å². The van der Waals surface area contributed by atoms with Crippen molar-refractivity contribution in [2.75, 3.05) is 27.2 Å². The van der Waals surface area contributed by atoms with Gasteiger partial charge in [-0.15, -0.1) is 0 Å². The Morgan fingerprint density at radius 2 is 0.889 bits per heavy atom. The Hall–Kier alpha value is -0.900. The standard InChI is InChI=1S/C42H79NO2/c1-5-7-9-11-13-15-17-19-21-23-25-27-29-31-33-35-37-42(44-40-41(45-42)39-43(3)4)38-36-34-32-30-28-26-24-22-20-18-16-14-12-10-8-6-2/h13-16,19,21,41H,5-12,17-18,20,22-40H2,1-4H3/b15-13-,16-14-,21-19-. The van der Waals surface area contributed by atoms with E-state index in [1.165, 1.54) is 161 Å². The van der Waals surface area contributed by atoms with Crippen LogP contribution in [0.25, 0.3) is 0 Å². The molecule has 1 heterocycles. The van der Waals surface area contributed by atoms with Crippen LogP contribution in [0.5, 0.6) is 0 Å². The fourth-order valence-electron chi connectivity index (χ4n) is 6.53. The fraction of sp³-hybridized carbons (Fsp3) is 0.857. The first kappa shape index (κ1) is 42.1. The van der Waals surface area contributed by atoms with Crippen LogP contribution in [0.15, 0.2) is 36.5 Å². The van der Waals surface area contributed by atoms with Gasteiger partial charge in [-0.05, 0) is 84.7 Å². The lowest BCUT2D eigenvalue weighted by Crippen LogP contribution is -2.33. The average molecular weight is 630 g/mol. The van der Waals surface area contributed by atoms with Gasteiger partial charge in [0.05, 0.1) is 12.7 Å². The monoisotopic (exact) mass is 630 g/mol. The Morgan fingerprint density at radius 3 is 1.31 bits per heavy atom. The molecular formula is C42H79NO2. The van der Waals surface area contributed by atoms with Crippen molar-refractivity contribution in [3.8, 4) is 0 Å². The maximum atomic E-state index is 6.63. The summed E-state index contributed by atoms with van der Waals surface area (Å²) in [6.07, 6.45) is 51.1. The number of rotatable bonds is 33. The largest absolute Gasteiger partial charge is 0.347 e. The molecule has 0 aliphatic carbocycles. The lowest BCUT2D eigenvalue weighted by Gasteiger charge is -2.29. The Balaban J connectivity index is 2.10. The lowest BCUT2D eigenvalue weighted by molar-refractivity contribution is -0.180. The minimum atomic E-state index is -0.319. The van der Waals surface area contributed by atoms with Crippen molar-refractivity contribution in [1.29, 1.82) is 0 Å². The first-order valence-electron chi connectivity index (χ1n) is 20.0. The van der Waals surface area contributed by atoms with Crippen LogP contribution in [0.4, 0.5) is 0 Å². The second kappa shape index (κ2) is 31.7. The molecule has 2 unspecified atom stereocenters. The van der Waals surface area contributed by atoms with Crippen molar-refractivity contribution in [3.63, 3.8) is 0 Å². The zero-order valence-corrected chi connectivity index (χ0v) is 31.0. The minimum Gasteiger partial charge on any atom is -0.347 e. The fourth-order valence-corrected chi connectivity index (χ4v) is 6.53. The Labute approximate surface area is 283 Å². The third kappa shape index (κ3) is 26.8. The highest BCUT2D eigenvalue weighted by Gasteiger charge is 2.40. The quantitative estimate of drug-likeness (QED) is 0.0532. The molecule has 0 bridgehead atoms. The highest BCUT2D eigenvalue weighted by Crippen LogP contribution is 2.35. The van der Waals surface area contributed by atoms with Gasteiger partial charge in [0.25, 0.3) is 0 Å². The Bertz CT molecular complexity index is 699. The minimum absolute atomic E-state index is 0.223. The van der Waals surface area contributed by atoms with Crippen LogP contribution in [0, 0.1) is 0 Å². The van der Waals surface area contributed by atoms with E-state index in [9.17, 15) is 0 Å². The Morgan fingerprint density at radius 1 is 0.511 bits per heavy atom. The molecule has 3 heteroatoms. The van der Waals surface area contributed by atoms with Crippen LogP contribution in [0.1, 0.15) is 194 Å². The molecule has 0 spiro atoms. The molecule has 0 aromatic rings. The number of hydrogen-bond acceptors (Lipinski definition) is 3. The highest BCUT2D eigenvalue weighted by atomic mass is 16.7. The molecule has 1 fully saturated rings. The van der Waals surface area contributed by atoms with Crippen molar-refractivity contribution >= 4 is 0 Å². The van der Waals surface area contributed by atoms with Crippen LogP contribution < -0.4 is 0 Å². The van der Waals surface area contributed by atoms with Crippen LogP contribution in [-0.4, -0.2) is 44.0 Å². The average Bonchev–Trinajstić information content (AvgIpc) is 3.42. The molecule has 0 saturated carbocycles. The van der Waals surface area contributed by atoms with Gasteiger partial charge in [-0.3, -0.25) is 0 Å². The Kier molecular flexibility index (Phi) is 29.7. The molecule has 1 aliphatic rings. The molecule has 0 amide bonds. The summed E-state index contributed by atoms with van der Waals surface area (Å²) >= 11 is 0. The number of unbranched alkanes of at least 4 members (excludes halogenated alkanes) is 21. The molecule has 1 aliphatic heterocycles. The van der Waals surface area contributed by atoms with Gasteiger partial charge >= 0.3 is 0 Å². The molecule has 264 valence electrons. The van der Waals surface area contributed by atoms with Crippen molar-refractivity contribution in [3.05, 3.63) is 36.5 Å². The molecule has 0 N–H and O–H groups in total. The summed E-state index contributed by atoms with van der Waals surface area (Å²) < 4.78 is 13.1. The topological polar surface area (TPSA) is 21.7 Å². The summed E-state index contributed by atoms with van der Waals surface area (Å²) in [5.74, 6) is -0.319. The van der Waals surface area contributed by atoms with E-state index in [1.54, 1.807) is 0 Å². The molecule has 1 saturated heterocycles. The van der Waals surface area contributed by atoms with Gasteiger partial charge in [0.1, 0.15) is 0 Å². The summed E-state index contributed by atoms with van der Waals surface area (Å²) in [5, 5.41) is 0. The van der Waals surface area contributed by atoms with E-state index < -0.39 is 0 Å². The van der Waals surface area contributed by atoms with Crippen LogP contribution in [0.3, 0.4) is 0 Å². The highest BCUT2D eigenvalue weighted by molar-refractivity contribution is 4.92. The summed E-state index contributed by atoms with van der Waals surface area (Å²) in [7, 11) is 4.27. The molecule has 0 aromatic heterocycles. The molecule has 0 aromatic carbocycles. The summed E-state index contributed by atoms with van der Waals surface area (Å²) in [6, 6.07) is 0. The van der Waals surface area contributed by atoms with Gasteiger partial charge in [-0.2, -0.15) is 0 Å². The maximum Gasteiger partial charge on any atom is 0.168 e. The molecule has 3 nitrogen and oxygen atoms in total. The summed E-state index contributed by atoms with van der Waals surface area (Å²) in [5.41, 5.74) is 0. The van der Waals surface area contributed by atoms with Gasteiger partial charge in [0, 0.05) is 19.4 Å². The first-order chi connectivity index (χ1) is 22.1. The first-order valence-corrected chi connectivity index (χ1v) is 20.0. The van der Waals surface area contributed by atoms with Crippen LogP contribution >= 0.6 is 0 Å². The van der Waals surface area contributed by atoms with Gasteiger partial charge in [0.2, 0.25) is 0 Å². The van der Waals surface area contributed by atoms with E-state index >= 15 is 0 Å². The smallest absolute Gasteiger partial charge is 0.168 e. The van der Waals surface area contributed by atoms with Crippen molar-refractivity contribution in [1.82, 2.24) is 4.90 Å². The van der Waals surface area contributed by atoms with E-state index in [2.05, 4.69) is 69.3 Å². The van der Waals surface area contributed by atoms with Gasteiger partial charge in [0.15, 0.2) is 5.79 Å². The third-order valence-electron chi connectivity index (χ3n) is 9.31. The lowest BCUT2D eigenvalue weighted by atomic mass is 9.98. The number of allylic oxidation sites excluding steroid dienone is 6. The molecule has 2 atom stereocenters. The van der Waals surface area contributed by atoms with E-state index in [1.807, 2.05) is 0 Å². The number of ether oxygens (including phenoxy) is 2. The second-order valence-corrected chi connectivity index (χ2v) is 14.2. The molecular weight excluding hydrogens is 550 g/mol. The van der Waals surface area contributed by atoms with E-state index in [0.29, 0.717) is 0 Å². The van der Waals surface area contributed by atoms with E-state index in [0.717, 1.165) is 32.4 Å². The molecule has 1 rings (SSSR count). The van der Waals surface area contributed by atoms with Gasteiger partial charge in [-0.25, -0.2) is 0 Å². The van der Waals surface area contributed by atoms with E-state index in [-0.39, 0.29) is 11.9 Å². The summed E-state index contributed by atoms with van der Waals surface area (Å²) in [4.78, 5) is 2.23. The zero-order chi connectivity index (χ0) is 32.5.